The van der Waals surface area contributed by atoms with Gasteiger partial charge < -0.3 is 4.74 Å². The Morgan fingerprint density at radius 3 is 2.85 bits per heavy atom. The van der Waals surface area contributed by atoms with Gasteiger partial charge in [-0.2, -0.15) is 0 Å². The number of rotatable bonds is 6. The van der Waals surface area contributed by atoms with E-state index in [4.69, 9.17) is 4.74 Å². The van der Waals surface area contributed by atoms with Crippen LogP contribution in [0.15, 0.2) is 24.3 Å². The summed E-state index contributed by atoms with van der Waals surface area (Å²) in [4.78, 5) is 11.6. The van der Waals surface area contributed by atoms with Gasteiger partial charge in [-0.1, -0.05) is 25.1 Å². The maximum atomic E-state index is 11.6. The third-order valence-corrected chi connectivity index (χ3v) is 3.73. The lowest BCUT2D eigenvalue weighted by molar-refractivity contribution is -0.529. The molecule has 0 amide bonds. The van der Waals surface area contributed by atoms with E-state index in [9.17, 15) is 4.79 Å². The van der Waals surface area contributed by atoms with Crippen molar-refractivity contribution in [3.05, 3.63) is 35.4 Å². The van der Waals surface area contributed by atoms with Gasteiger partial charge in [-0.25, -0.2) is 4.58 Å². The first-order valence-electron chi connectivity index (χ1n) is 7.61. The van der Waals surface area contributed by atoms with Crippen molar-refractivity contribution in [3.8, 4) is 0 Å². The fourth-order valence-electron chi connectivity index (χ4n) is 2.84. The lowest BCUT2D eigenvalue weighted by Crippen LogP contribution is -2.31. The van der Waals surface area contributed by atoms with Crippen molar-refractivity contribution >= 4 is 11.7 Å². The number of fused-ring (bicyclic) bond motifs is 1. The summed E-state index contributed by atoms with van der Waals surface area (Å²) in [6, 6.07) is 8.55. The first-order chi connectivity index (χ1) is 9.76. The summed E-state index contributed by atoms with van der Waals surface area (Å²) in [7, 11) is 0. The molecule has 3 heteroatoms. The summed E-state index contributed by atoms with van der Waals surface area (Å²) in [6.07, 6.45) is 3.47. The number of carbonyl (C=O) groups excluding carboxylic acids is 1. The minimum Gasteiger partial charge on any atom is -0.466 e. The molecule has 108 valence electrons. The number of benzene rings is 1. The third kappa shape index (κ3) is 3.47. The molecule has 0 aliphatic carbocycles. The van der Waals surface area contributed by atoms with Gasteiger partial charge >= 0.3 is 5.97 Å². The van der Waals surface area contributed by atoms with Gasteiger partial charge in [-0.05, 0) is 18.6 Å². The van der Waals surface area contributed by atoms with Crippen LogP contribution in [0, 0.1) is 0 Å². The van der Waals surface area contributed by atoms with Crippen LogP contribution in [-0.4, -0.2) is 36.0 Å². The molecule has 2 rings (SSSR count). The fraction of sp³-hybridized carbons (Fsp3) is 0.529. The van der Waals surface area contributed by atoms with Crippen LogP contribution < -0.4 is 0 Å². The molecule has 20 heavy (non-hydrogen) atoms. The number of ether oxygens (including phenoxy) is 1. The Morgan fingerprint density at radius 2 is 2.10 bits per heavy atom. The highest BCUT2D eigenvalue weighted by molar-refractivity contribution is 6.00. The first kappa shape index (κ1) is 14.8. The summed E-state index contributed by atoms with van der Waals surface area (Å²) in [5.41, 5.74) is 4.02. The molecule has 0 spiro atoms. The van der Waals surface area contributed by atoms with E-state index in [2.05, 4.69) is 35.8 Å². The predicted molar refractivity (Wildman–Crippen MR) is 80.4 cm³/mol. The molecule has 0 N–H and O–H groups in total. The average Bonchev–Trinajstić information content (AvgIpc) is 2.46. The number of esters is 1. The highest BCUT2D eigenvalue weighted by Gasteiger charge is 2.25. The van der Waals surface area contributed by atoms with Gasteiger partial charge in [0.25, 0.3) is 0 Å². The standard InChI is InChI=1S/C17H24NO2/c1-3-12-18-13-11-14-7-5-6-8-15(14)16(18)9-10-17(19)20-4-2/h5-8H,3-4,9-13H2,1-2H3/q+1. The molecule has 0 aromatic heterocycles. The van der Waals surface area contributed by atoms with Crippen LogP contribution in [0.2, 0.25) is 0 Å². The number of hydrogen-bond donors (Lipinski definition) is 0. The zero-order valence-corrected chi connectivity index (χ0v) is 12.5. The average molecular weight is 274 g/mol. The molecule has 0 fully saturated rings. The Balaban J connectivity index is 2.20. The van der Waals surface area contributed by atoms with Crippen LogP contribution in [-0.2, 0) is 16.0 Å². The van der Waals surface area contributed by atoms with Crippen molar-refractivity contribution in [2.45, 2.75) is 39.5 Å². The topological polar surface area (TPSA) is 29.3 Å². The van der Waals surface area contributed by atoms with Gasteiger partial charge in [0.15, 0.2) is 5.71 Å². The van der Waals surface area contributed by atoms with Crippen molar-refractivity contribution in [1.29, 1.82) is 0 Å². The lowest BCUT2D eigenvalue weighted by atomic mass is 9.94. The molecule has 1 heterocycles. The van der Waals surface area contributed by atoms with Crippen LogP contribution in [0.3, 0.4) is 0 Å². The fourth-order valence-corrected chi connectivity index (χ4v) is 2.84. The highest BCUT2D eigenvalue weighted by Crippen LogP contribution is 2.18. The number of hydrogen-bond acceptors (Lipinski definition) is 2. The summed E-state index contributed by atoms with van der Waals surface area (Å²) in [5, 5.41) is 0. The number of carbonyl (C=O) groups is 1. The molecule has 1 aromatic rings. The molecule has 0 unspecified atom stereocenters. The zero-order valence-electron chi connectivity index (χ0n) is 12.5. The van der Waals surface area contributed by atoms with Gasteiger partial charge in [0, 0.05) is 24.8 Å². The first-order valence-corrected chi connectivity index (χ1v) is 7.61. The summed E-state index contributed by atoms with van der Waals surface area (Å²) in [5.74, 6) is -0.0977. The van der Waals surface area contributed by atoms with Crippen molar-refractivity contribution in [2.24, 2.45) is 0 Å². The Morgan fingerprint density at radius 1 is 1.30 bits per heavy atom. The molecule has 1 aromatic carbocycles. The van der Waals surface area contributed by atoms with Crippen molar-refractivity contribution in [2.75, 3.05) is 19.7 Å². The Labute approximate surface area is 121 Å². The molecule has 0 saturated heterocycles. The Bertz CT molecular complexity index is 505. The molecule has 3 nitrogen and oxygen atoms in total. The Hall–Kier alpha value is -1.64. The van der Waals surface area contributed by atoms with E-state index in [-0.39, 0.29) is 5.97 Å². The predicted octanol–water partition coefficient (Wildman–Crippen LogP) is 2.80. The number of nitrogens with zero attached hydrogens (tertiary/aromatic N) is 1. The van der Waals surface area contributed by atoms with Crippen molar-refractivity contribution in [3.63, 3.8) is 0 Å². The minimum atomic E-state index is -0.0977. The van der Waals surface area contributed by atoms with Gasteiger partial charge in [-0.3, -0.25) is 4.79 Å². The molecular formula is C17H24NO2+. The highest BCUT2D eigenvalue weighted by atomic mass is 16.5. The van der Waals surface area contributed by atoms with Gasteiger partial charge in [0.1, 0.15) is 13.1 Å². The molecule has 1 aliphatic heterocycles. The SMILES string of the molecule is CCC[N+]1=C(CCC(=O)OCC)c2ccccc2CC1. The maximum Gasteiger partial charge on any atom is 0.306 e. The summed E-state index contributed by atoms with van der Waals surface area (Å²) < 4.78 is 7.48. The van der Waals surface area contributed by atoms with Gasteiger partial charge in [0.2, 0.25) is 0 Å². The lowest BCUT2D eigenvalue weighted by Gasteiger charge is -2.18. The second-order valence-electron chi connectivity index (χ2n) is 5.15. The second kappa shape index (κ2) is 7.22. The third-order valence-electron chi connectivity index (χ3n) is 3.73. The van der Waals surface area contributed by atoms with Crippen LogP contribution in [0.5, 0.6) is 0 Å². The van der Waals surface area contributed by atoms with E-state index >= 15 is 0 Å². The molecule has 0 radical (unpaired) electrons. The maximum absolute atomic E-state index is 11.6. The van der Waals surface area contributed by atoms with E-state index in [1.807, 2.05) is 6.92 Å². The van der Waals surface area contributed by atoms with Crippen LogP contribution in [0.4, 0.5) is 0 Å². The van der Waals surface area contributed by atoms with Crippen molar-refractivity contribution in [1.82, 2.24) is 0 Å². The normalized spacial score (nSPS) is 14.1. The van der Waals surface area contributed by atoms with E-state index in [1.165, 1.54) is 16.8 Å². The van der Waals surface area contributed by atoms with Crippen LogP contribution in [0.25, 0.3) is 0 Å². The van der Waals surface area contributed by atoms with E-state index in [0.717, 1.165) is 32.4 Å². The van der Waals surface area contributed by atoms with E-state index < -0.39 is 0 Å². The van der Waals surface area contributed by atoms with Crippen LogP contribution in [0.1, 0.15) is 44.2 Å². The van der Waals surface area contributed by atoms with Gasteiger partial charge in [-0.15, -0.1) is 0 Å². The van der Waals surface area contributed by atoms with Crippen molar-refractivity contribution < 1.29 is 14.1 Å². The monoisotopic (exact) mass is 274 g/mol. The second-order valence-corrected chi connectivity index (χ2v) is 5.15. The van der Waals surface area contributed by atoms with Crippen LogP contribution >= 0.6 is 0 Å². The molecule has 1 aliphatic rings. The Kier molecular flexibility index (Phi) is 5.33. The summed E-state index contributed by atoms with van der Waals surface area (Å²) >= 11 is 0. The van der Waals surface area contributed by atoms with E-state index in [0.29, 0.717) is 13.0 Å². The largest absolute Gasteiger partial charge is 0.466 e. The quantitative estimate of drug-likeness (QED) is 0.589. The zero-order chi connectivity index (χ0) is 14.4. The van der Waals surface area contributed by atoms with Gasteiger partial charge in [0.05, 0.1) is 13.0 Å². The minimum absolute atomic E-state index is 0.0977. The molecule has 0 atom stereocenters. The van der Waals surface area contributed by atoms with E-state index in [1.54, 1.807) is 0 Å². The molecule has 0 saturated carbocycles. The summed E-state index contributed by atoms with van der Waals surface area (Å²) in [6.45, 7) is 6.63. The smallest absolute Gasteiger partial charge is 0.306 e. The molecule has 0 bridgehead atoms. The molecular weight excluding hydrogens is 250 g/mol.